The van der Waals surface area contributed by atoms with Gasteiger partial charge in [0.05, 0.1) is 23.1 Å². The van der Waals surface area contributed by atoms with Crippen molar-refractivity contribution < 1.29 is 9.18 Å². The van der Waals surface area contributed by atoms with Crippen LogP contribution in [-0.4, -0.2) is 39.6 Å². The molecule has 0 unspecified atom stereocenters. The minimum atomic E-state index is -0.326. The Kier molecular flexibility index (Phi) is 4.06. The largest absolute Gasteiger partial charge is 0.301 e. The number of amides is 1. The molecule has 2 aromatic heterocycles. The summed E-state index contributed by atoms with van der Waals surface area (Å²) in [6, 6.07) is 5.92. The van der Waals surface area contributed by atoms with Crippen LogP contribution in [-0.2, 0) is 13.0 Å². The molecule has 3 aromatic rings. The van der Waals surface area contributed by atoms with Gasteiger partial charge in [-0.1, -0.05) is 0 Å². The smallest absolute Gasteiger partial charge is 0.261 e. The van der Waals surface area contributed by atoms with Gasteiger partial charge in [-0.05, 0) is 31.3 Å². The maximum atomic E-state index is 13.1. The summed E-state index contributed by atoms with van der Waals surface area (Å²) in [5.74, 6) is -0.611. The van der Waals surface area contributed by atoms with Gasteiger partial charge in [-0.25, -0.2) is 9.37 Å². The molecule has 0 saturated heterocycles. The van der Waals surface area contributed by atoms with E-state index in [1.165, 1.54) is 34.5 Å². The van der Waals surface area contributed by atoms with Crippen LogP contribution in [0.15, 0.2) is 30.5 Å². The zero-order chi connectivity index (χ0) is 17.4. The first-order valence-corrected chi connectivity index (χ1v) is 8.69. The van der Waals surface area contributed by atoms with Crippen LogP contribution >= 0.6 is 11.3 Å². The van der Waals surface area contributed by atoms with Crippen LogP contribution in [0.25, 0.3) is 11.3 Å². The number of aromatic amines is 1. The van der Waals surface area contributed by atoms with Crippen LogP contribution in [0.2, 0.25) is 0 Å². The van der Waals surface area contributed by atoms with Crippen molar-refractivity contribution in [2.75, 3.05) is 18.9 Å². The van der Waals surface area contributed by atoms with Crippen molar-refractivity contribution in [3.63, 3.8) is 0 Å². The zero-order valence-electron chi connectivity index (χ0n) is 13.5. The highest BCUT2D eigenvalue weighted by Crippen LogP contribution is 2.29. The summed E-state index contributed by atoms with van der Waals surface area (Å²) >= 11 is 1.50. The van der Waals surface area contributed by atoms with Crippen molar-refractivity contribution in [2.24, 2.45) is 0 Å². The number of thiazole rings is 1. The summed E-state index contributed by atoms with van der Waals surface area (Å²) < 4.78 is 13.1. The van der Waals surface area contributed by atoms with Gasteiger partial charge in [0.15, 0.2) is 5.13 Å². The van der Waals surface area contributed by atoms with Gasteiger partial charge in [0.1, 0.15) is 5.82 Å². The maximum Gasteiger partial charge on any atom is 0.261 e. The van der Waals surface area contributed by atoms with Crippen LogP contribution in [0.4, 0.5) is 9.52 Å². The number of carbonyl (C=O) groups is 1. The van der Waals surface area contributed by atoms with Gasteiger partial charge >= 0.3 is 0 Å². The van der Waals surface area contributed by atoms with Gasteiger partial charge in [0, 0.05) is 30.0 Å². The number of hydrogen-bond donors (Lipinski definition) is 2. The van der Waals surface area contributed by atoms with Crippen LogP contribution in [0.1, 0.15) is 20.9 Å². The average Bonchev–Trinajstić information content (AvgIpc) is 3.21. The molecule has 8 heteroatoms. The van der Waals surface area contributed by atoms with Crippen LogP contribution in [0, 0.1) is 5.82 Å². The molecular weight excluding hydrogens is 341 g/mol. The van der Waals surface area contributed by atoms with Crippen molar-refractivity contribution in [1.29, 1.82) is 0 Å². The third-order valence-corrected chi connectivity index (χ3v) is 5.16. The third-order valence-electron chi connectivity index (χ3n) is 4.16. The third kappa shape index (κ3) is 3.18. The summed E-state index contributed by atoms with van der Waals surface area (Å²) in [4.78, 5) is 20.6. The second kappa shape index (κ2) is 6.38. The van der Waals surface area contributed by atoms with Crippen molar-refractivity contribution >= 4 is 22.4 Å². The van der Waals surface area contributed by atoms with Crippen molar-refractivity contribution in [1.82, 2.24) is 20.1 Å². The van der Waals surface area contributed by atoms with E-state index in [2.05, 4.69) is 32.4 Å². The Hall–Kier alpha value is -2.58. The molecule has 0 aliphatic carbocycles. The van der Waals surface area contributed by atoms with Gasteiger partial charge in [-0.2, -0.15) is 5.10 Å². The fourth-order valence-electron chi connectivity index (χ4n) is 2.84. The molecule has 0 fully saturated rings. The molecule has 0 saturated carbocycles. The molecule has 1 aromatic carbocycles. The lowest BCUT2D eigenvalue weighted by atomic mass is 10.1. The Bertz CT molecular complexity index is 918. The van der Waals surface area contributed by atoms with Gasteiger partial charge in [-0.15, -0.1) is 11.3 Å². The second-order valence-electron chi connectivity index (χ2n) is 6.00. The lowest BCUT2D eigenvalue weighted by Crippen LogP contribution is -2.25. The van der Waals surface area contributed by atoms with Gasteiger partial charge < -0.3 is 4.90 Å². The summed E-state index contributed by atoms with van der Waals surface area (Å²) in [5, 5.41) is 10.2. The highest BCUT2D eigenvalue weighted by molar-refractivity contribution is 7.15. The lowest BCUT2D eigenvalue weighted by Gasteiger charge is -2.20. The Morgan fingerprint density at radius 3 is 2.96 bits per heavy atom. The molecule has 4 rings (SSSR count). The maximum absolute atomic E-state index is 13.1. The topological polar surface area (TPSA) is 73.9 Å². The van der Waals surface area contributed by atoms with E-state index in [0.717, 1.165) is 25.2 Å². The highest BCUT2D eigenvalue weighted by atomic mass is 32.1. The number of anilines is 1. The van der Waals surface area contributed by atoms with Gasteiger partial charge in [0.25, 0.3) is 5.91 Å². The molecule has 1 aliphatic rings. The Labute approximate surface area is 147 Å². The number of fused-ring (bicyclic) bond motifs is 1. The number of nitrogens with one attached hydrogen (secondary N) is 2. The molecule has 1 aliphatic heterocycles. The van der Waals surface area contributed by atoms with E-state index in [0.29, 0.717) is 22.0 Å². The lowest BCUT2D eigenvalue weighted by molar-refractivity contribution is 0.102. The van der Waals surface area contributed by atoms with E-state index in [9.17, 15) is 9.18 Å². The minimum absolute atomic E-state index is 0.285. The normalized spacial score (nSPS) is 14.3. The average molecular weight is 357 g/mol. The Morgan fingerprint density at radius 2 is 2.16 bits per heavy atom. The number of halogens is 1. The number of nitrogens with zero attached hydrogens (tertiary/aromatic N) is 3. The molecule has 1 amide bonds. The molecule has 2 N–H and O–H groups in total. The summed E-state index contributed by atoms with van der Waals surface area (Å²) in [6.07, 6.45) is 2.36. The first-order valence-electron chi connectivity index (χ1n) is 7.88. The van der Waals surface area contributed by atoms with E-state index in [1.807, 2.05) is 0 Å². The number of rotatable bonds is 3. The molecule has 128 valence electrons. The summed E-state index contributed by atoms with van der Waals surface area (Å²) in [5.41, 5.74) is 2.71. The van der Waals surface area contributed by atoms with Gasteiger partial charge in [-0.3, -0.25) is 15.2 Å². The predicted molar refractivity (Wildman–Crippen MR) is 94.1 cm³/mol. The van der Waals surface area contributed by atoms with E-state index in [4.69, 9.17) is 0 Å². The number of likely N-dealkylation sites (N-methyl/N-ethyl adjacent to an activating group) is 1. The second-order valence-corrected chi connectivity index (χ2v) is 7.08. The molecule has 3 heterocycles. The summed E-state index contributed by atoms with van der Waals surface area (Å²) in [7, 11) is 2.07. The molecule has 0 bridgehead atoms. The highest BCUT2D eigenvalue weighted by Gasteiger charge is 2.21. The van der Waals surface area contributed by atoms with Crippen molar-refractivity contribution in [2.45, 2.75) is 13.0 Å². The van der Waals surface area contributed by atoms with E-state index >= 15 is 0 Å². The molecular formula is C17H16FN5OS. The van der Waals surface area contributed by atoms with Crippen LogP contribution < -0.4 is 5.32 Å². The number of hydrogen-bond acceptors (Lipinski definition) is 5. The predicted octanol–water partition coefficient (Wildman–Crippen LogP) is 2.91. The first kappa shape index (κ1) is 15.9. The van der Waals surface area contributed by atoms with Gasteiger partial charge in [0.2, 0.25) is 0 Å². The number of carbonyl (C=O) groups excluding carboxylic acids is 1. The molecule has 6 nitrogen and oxygen atoms in total. The molecule has 0 atom stereocenters. The summed E-state index contributed by atoms with van der Waals surface area (Å²) in [6.45, 7) is 1.83. The monoisotopic (exact) mass is 357 g/mol. The zero-order valence-corrected chi connectivity index (χ0v) is 14.4. The van der Waals surface area contributed by atoms with Crippen LogP contribution in [0.3, 0.4) is 0 Å². The Morgan fingerprint density at radius 1 is 1.36 bits per heavy atom. The van der Waals surface area contributed by atoms with E-state index in [-0.39, 0.29) is 11.7 Å². The fourth-order valence-corrected chi connectivity index (χ4v) is 3.92. The quantitative estimate of drug-likeness (QED) is 0.756. The Balaban J connectivity index is 1.56. The van der Waals surface area contributed by atoms with Crippen molar-refractivity contribution in [3.8, 4) is 11.3 Å². The van der Waals surface area contributed by atoms with E-state index in [1.54, 1.807) is 12.1 Å². The van der Waals surface area contributed by atoms with Crippen LogP contribution in [0.5, 0.6) is 0 Å². The number of aromatic nitrogens is 3. The van der Waals surface area contributed by atoms with E-state index < -0.39 is 0 Å². The molecule has 0 radical (unpaired) electrons. The number of H-pyrrole nitrogens is 1. The first-order chi connectivity index (χ1) is 12.1. The standard InChI is InChI=1S/C17H16FN5OS/c1-23-7-6-13-14(9-23)25-17(20-13)21-16(24)12-8-19-22-15(12)10-2-4-11(18)5-3-10/h2-5,8H,6-7,9H2,1H3,(H,19,22)(H,20,21,24). The SMILES string of the molecule is CN1CCc2nc(NC(=O)c3cn[nH]c3-c3ccc(F)cc3)sc2C1. The molecule has 25 heavy (non-hydrogen) atoms. The minimum Gasteiger partial charge on any atom is -0.301 e. The fraction of sp³-hybridized carbons (Fsp3) is 0.235. The number of benzene rings is 1. The van der Waals surface area contributed by atoms with Crippen molar-refractivity contribution in [3.05, 3.63) is 52.4 Å². The molecule has 0 spiro atoms.